The number of aryl methyl sites for hydroxylation is 2. The van der Waals surface area contributed by atoms with E-state index in [1.54, 1.807) is 0 Å². The van der Waals surface area contributed by atoms with E-state index in [4.69, 9.17) is 9.47 Å². The van der Waals surface area contributed by atoms with Gasteiger partial charge in [0.2, 0.25) is 0 Å². The lowest BCUT2D eigenvalue weighted by Gasteiger charge is -2.34. The van der Waals surface area contributed by atoms with Crippen LogP contribution in [0.5, 0.6) is 0 Å². The average Bonchev–Trinajstić information content (AvgIpc) is 3.24. The molecule has 1 unspecified atom stereocenters. The number of rotatable bonds is 2. The fourth-order valence-electron chi connectivity index (χ4n) is 3.95. The molecule has 2 fully saturated rings. The molecule has 1 aromatic carbocycles. The highest BCUT2D eigenvalue weighted by Gasteiger charge is 2.33. The van der Waals surface area contributed by atoms with Crippen LogP contribution in [0.2, 0.25) is 0 Å². The summed E-state index contributed by atoms with van der Waals surface area (Å²) < 4.78 is 11.3. The Morgan fingerprint density at radius 3 is 2.79 bits per heavy atom. The molecule has 1 amide bonds. The molecule has 0 radical (unpaired) electrons. The molecule has 1 N–H and O–H groups in total. The third-order valence-corrected chi connectivity index (χ3v) is 5.10. The highest BCUT2D eigenvalue weighted by atomic mass is 16.7. The Morgan fingerprint density at radius 1 is 1.21 bits per heavy atom. The number of benzene rings is 1. The Labute approximate surface area is 141 Å². The summed E-state index contributed by atoms with van der Waals surface area (Å²) in [4.78, 5) is 18.2. The number of nitrogens with zero attached hydrogens (tertiary/aromatic N) is 1. The maximum absolute atomic E-state index is 12.9. The number of ether oxygens (including phenoxy) is 2. The van der Waals surface area contributed by atoms with E-state index in [1.807, 2.05) is 11.0 Å². The number of nitrogens with one attached hydrogen (secondary N) is 1. The van der Waals surface area contributed by atoms with Crippen LogP contribution in [0.4, 0.5) is 0 Å². The van der Waals surface area contributed by atoms with Crippen molar-refractivity contribution in [2.24, 2.45) is 5.92 Å². The zero-order valence-electron chi connectivity index (χ0n) is 14.3. The molecule has 0 spiro atoms. The van der Waals surface area contributed by atoms with Crippen molar-refractivity contribution in [3.05, 3.63) is 35.0 Å². The van der Waals surface area contributed by atoms with Crippen molar-refractivity contribution in [1.82, 2.24) is 9.88 Å². The van der Waals surface area contributed by atoms with Gasteiger partial charge in [0.1, 0.15) is 5.69 Å². The quantitative estimate of drug-likeness (QED) is 0.922. The molecule has 0 aliphatic carbocycles. The summed E-state index contributed by atoms with van der Waals surface area (Å²) in [6.07, 6.45) is 1.91. The highest BCUT2D eigenvalue weighted by molar-refractivity contribution is 5.99. The van der Waals surface area contributed by atoms with Crippen molar-refractivity contribution in [1.29, 1.82) is 0 Å². The van der Waals surface area contributed by atoms with Crippen molar-refractivity contribution in [3.63, 3.8) is 0 Å². The van der Waals surface area contributed by atoms with Gasteiger partial charge in [-0.3, -0.25) is 4.79 Å². The van der Waals surface area contributed by atoms with E-state index in [9.17, 15) is 4.79 Å². The van der Waals surface area contributed by atoms with Crippen LogP contribution in [0.15, 0.2) is 18.2 Å². The third-order valence-electron chi connectivity index (χ3n) is 5.10. The zero-order chi connectivity index (χ0) is 16.7. The molecule has 4 rings (SSSR count). The summed E-state index contributed by atoms with van der Waals surface area (Å²) >= 11 is 0. The number of carbonyl (C=O) groups excluding carboxylic acids is 1. The van der Waals surface area contributed by atoms with Gasteiger partial charge in [-0.15, -0.1) is 0 Å². The van der Waals surface area contributed by atoms with Gasteiger partial charge in [0.25, 0.3) is 5.91 Å². The summed E-state index contributed by atoms with van der Waals surface area (Å²) in [5.74, 6) is 0.351. The molecule has 1 atom stereocenters. The molecule has 24 heavy (non-hydrogen) atoms. The lowest BCUT2D eigenvalue weighted by molar-refractivity contribution is -0.0969. The molecule has 0 bridgehead atoms. The smallest absolute Gasteiger partial charge is 0.270 e. The molecule has 128 valence electrons. The normalized spacial score (nSPS) is 22.4. The number of amides is 1. The van der Waals surface area contributed by atoms with Crippen LogP contribution < -0.4 is 0 Å². The van der Waals surface area contributed by atoms with Crippen LogP contribution >= 0.6 is 0 Å². The summed E-state index contributed by atoms with van der Waals surface area (Å²) in [6, 6.07) is 6.23. The van der Waals surface area contributed by atoms with Crippen molar-refractivity contribution in [3.8, 4) is 0 Å². The second-order valence-corrected chi connectivity index (χ2v) is 6.99. The number of likely N-dealkylation sites (tertiary alicyclic amines) is 1. The molecule has 2 saturated heterocycles. The van der Waals surface area contributed by atoms with Crippen LogP contribution in [0, 0.1) is 19.8 Å². The van der Waals surface area contributed by atoms with Crippen LogP contribution in [0.1, 0.15) is 34.5 Å². The first-order valence-electron chi connectivity index (χ1n) is 8.74. The maximum Gasteiger partial charge on any atom is 0.270 e. The number of aromatic amines is 1. The minimum absolute atomic E-state index is 0.0750. The molecule has 2 aliphatic heterocycles. The summed E-state index contributed by atoms with van der Waals surface area (Å²) in [5.41, 5.74) is 4.11. The van der Waals surface area contributed by atoms with E-state index in [2.05, 4.69) is 31.0 Å². The second-order valence-electron chi connectivity index (χ2n) is 6.99. The fraction of sp³-hybridized carbons (Fsp3) is 0.526. The standard InChI is InChI=1S/C19H24N2O3/c1-12-8-13(2)15-10-17(20-16(15)9-12)18(22)21-5-3-4-14(11-21)19-23-6-7-24-19/h8-10,14,19-20H,3-7,11H2,1-2H3. The van der Waals surface area contributed by atoms with E-state index in [-0.39, 0.29) is 18.1 Å². The van der Waals surface area contributed by atoms with E-state index >= 15 is 0 Å². The largest absolute Gasteiger partial charge is 0.351 e. The lowest BCUT2D eigenvalue weighted by Crippen LogP contribution is -2.43. The number of H-pyrrole nitrogens is 1. The number of carbonyl (C=O) groups is 1. The minimum atomic E-state index is -0.145. The third kappa shape index (κ3) is 2.82. The zero-order valence-corrected chi connectivity index (χ0v) is 14.3. The average molecular weight is 328 g/mol. The summed E-state index contributed by atoms with van der Waals surface area (Å²) in [7, 11) is 0. The molecule has 3 heterocycles. The van der Waals surface area contributed by atoms with Gasteiger partial charge < -0.3 is 19.4 Å². The van der Waals surface area contributed by atoms with Crippen LogP contribution in [-0.2, 0) is 9.47 Å². The molecule has 5 heteroatoms. The topological polar surface area (TPSA) is 54.6 Å². The Kier molecular flexibility index (Phi) is 4.06. The van der Waals surface area contributed by atoms with E-state index in [0.29, 0.717) is 25.5 Å². The monoisotopic (exact) mass is 328 g/mol. The first kappa shape index (κ1) is 15.7. The first-order valence-corrected chi connectivity index (χ1v) is 8.74. The molecule has 1 aromatic heterocycles. The highest BCUT2D eigenvalue weighted by Crippen LogP contribution is 2.27. The summed E-state index contributed by atoms with van der Waals surface area (Å²) in [6.45, 7) is 6.99. The summed E-state index contributed by atoms with van der Waals surface area (Å²) in [5, 5.41) is 1.12. The van der Waals surface area contributed by atoms with E-state index in [0.717, 1.165) is 30.3 Å². The van der Waals surface area contributed by atoms with Gasteiger partial charge in [-0.05, 0) is 49.9 Å². The second kappa shape index (κ2) is 6.22. The number of piperidine rings is 1. The van der Waals surface area contributed by atoms with Gasteiger partial charge in [-0.2, -0.15) is 0 Å². The van der Waals surface area contributed by atoms with Gasteiger partial charge >= 0.3 is 0 Å². The molecule has 2 aromatic rings. The molecule has 0 saturated carbocycles. The number of fused-ring (bicyclic) bond motifs is 1. The van der Waals surface area contributed by atoms with Gasteiger partial charge in [0.15, 0.2) is 6.29 Å². The van der Waals surface area contributed by atoms with Crippen LogP contribution in [-0.4, -0.2) is 48.4 Å². The Hall–Kier alpha value is -1.85. The minimum Gasteiger partial charge on any atom is -0.351 e. The number of aromatic nitrogens is 1. The van der Waals surface area contributed by atoms with Gasteiger partial charge in [-0.25, -0.2) is 0 Å². The number of hydrogen-bond acceptors (Lipinski definition) is 3. The van der Waals surface area contributed by atoms with E-state index < -0.39 is 0 Å². The van der Waals surface area contributed by atoms with Crippen molar-refractivity contribution < 1.29 is 14.3 Å². The van der Waals surface area contributed by atoms with Crippen molar-refractivity contribution >= 4 is 16.8 Å². The van der Waals surface area contributed by atoms with E-state index in [1.165, 1.54) is 11.1 Å². The molecule has 5 nitrogen and oxygen atoms in total. The van der Waals surface area contributed by atoms with Crippen LogP contribution in [0.3, 0.4) is 0 Å². The predicted molar refractivity (Wildman–Crippen MR) is 92.1 cm³/mol. The number of hydrogen-bond donors (Lipinski definition) is 1. The predicted octanol–water partition coefficient (Wildman–Crippen LogP) is 3.01. The van der Waals surface area contributed by atoms with Gasteiger partial charge in [-0.1, -0.05) is 6.07 Å². The maximum atomic E-state index is 12.9. The van der Waals surface area contributed by atoms with Gasteiger partial charge in [0.05, 0.1) is 13.2 Å². The van der Waals surface area contributed by atoms with Gasteiger partial charge in [0, 0.05) is 29.9 Å². The Morgan fingerprint density at radius 2 is 2.00 bits per heavy atom. The lowest BCUT2D eigenvalue weighted by atomic mass is 9.97. The van der Waals surface area contributed by atoms with Crippen molar-refractivity contribution in [2.75, 3.05) is 26.3 Å². The SMILES string of the molecule is Cc1cc(C)c2cc(C(=O)N3CCCC(C4OCCO4)C3)[nH]c2c1. The first-order chi connectivity index (χ1) is 11.6. The fourth-order valence-corrected chi connectivity index (χ4v) is 3.95. The molecular formula is C19H24N2O3. The molecular weight excluding hydrogens is 304 g/mol. The van der Waals surface area contributed by atoms with Crippen LogP contribution in [0.25, 0.3) is 10.9 Å². The Bertz CT molecular complexity index is 761. The van der Waals surface area contributed by atoms with Crippen molar-refractivity contribution in [2.45, 2.75) is 33.0 Å². The Balaban J connectivity index is 1.55. The molecule has 2 aliphatic rings.